The molecular weight excluding hydrogens is 328 g/mol. The minimum Gasteiger partial charge on any atom is -0.367 e. The normalized spacial score (nSPS) is 18.8. The van der Waals surface area contributed by atoms with E-state index in [1.807, 2.05) is 23.0 Å². The van der Waals surface area contributed by atoms with Gasteiger partial charge in [-0.05, 0) is 54.7 Å². The van der Waals surface area contributed by atoms with E-state index in [4.69, 9.17) is 9.97 Å². The molecule has 0 fully saturated rings. The van der Waals surface area contributed by atoms with Crippen molar-refractivity contribution >= 4 is 5.82 Å². The van der Waals surface area contributed by atoms with E-state index in [0.29, 0.717) is 6.04 Å². The average molecular weight is 348 g/mol. The first kappa shape index (κ1) is 15.4. The fourth-order valence-corrected chi connectivity index (χ4v) is 3.82. The van der Waals surface area contributed by atoms with Crippen LogP contribution in [0.2, 0.25) is 0 Å². The number of tetrazole rings is 1. The Balaban J connectivity index is 1.43. The Bertz CT molecular complexity index is 898. The van der Waals surface area contributed by atoms with Crippen molar-refractivity contribution in [2.45, 2.75) is 51.1 Å². The lowest BCUT2D eigenvalue weighted by atomic mass is 10.1. The quantitative estimate of drug-likeness (QED) is 0.771. The lowest BCUT2D eigenvalue weighted by Gasteiger charge is -2.19. The molecule has 2 aliphatic rings. The van der Waals surface area contributed by atoms with Gasteiger partial charge >= 0.3 is 0 Å². The molecule has 26 heavy (non-hydrogen) atoms. The number of fused-ring (bicyclic) bond motifs is 2. The van der Waals surface area contributed by atoms with Crippen molar-refractivity contribution in [3.8, 4) is 11.4 Å². The zero-order valence-corrected chi connectivity index (χ0v) is 14.5. The largest absolute Gasteiger partial charge is 0.367 e. The monoisotopic (exact) mass is 348 g/mol. The highest BCUT2D eigenvalue weighted by Gasteiger charge is 2.23. The number of nitrogens with zero attached hydrogens (tertiary/aromatic N) is 7. The molecule has 132 valence electrons. The van der Waals surface area contributed by atoms with Gasteiger partial charge in [0.25, 0.3) is 0 Å². The Hall–Kier alpha value is -2.90. The molecule has 0 saturated heterocycles. The third-order valence-corrected chi connectivity index (χ3v) is 5.21. The van der Waals surface area contributed by atoms with E-state index in [0.717, 1.165) is 68.1 Å². The Morgan fingerprint density at radius 2 is 2.12 bits per heavy atom. The number of nitrogens with one attached hydrogen (secondary N) is 1. The number of aryl methyl sites for hydroxylation is 3. The van der Waals surface area contributed by atoms with E-state index in [1.165, 1.54) is 11.3 Å². The van der Waals surface area contributed by atoms with E-state index >= 15 is 0 Å². The minimum absolute atomic E-state index is 0.347. The van der Waals surface area contributed by atoms with Gasteiger partial charge in [0.15, 0.2) is 11.6 Å². The Kier molecular flexibility index (Phi) is 3.80. The van der Waals surface area contributed by atoms with Gasteiger partial charge in [-0.1, -0.05) is 0 Å². The zero-order chi connectivity index (χ0) is 17.3. The van der Waals surface area contributed by atoms with Crippen LogP contribution in [0.5, 0.6) is 0 Å². The predicted octanol–water partition coefficient (Wildman–Crippen LogP) is 1.83. The van der Waals surface area contributed by atoms with Crippen molar-refractivity contribution in [1.82, 2.24) is 35.2 Å². The maximum Gasteiger partial charge on any atom is 0.163 e. The molecule has 0 saturated carbocycles. The van der Waals surface area contributed by atoms with Gasteiger partial charge in [0, 0.05) is 48.2 Å². The molecule has 0 bridgehead atoms. The van der Waals surface area contributed by atoms with Gasteiger partial charge in [-0.3, -0.25) is 4.98 Å². The van der Waals surface area contributed by atoms with Gasteiger partial charge in [0.05, 0.1) is 0 Å². The van der Waals surface area contributed by atoms with E-state index in [2.05, 4.69) is 25.8 Å². The Morgan fingerprint density at radius 3 is 3.04 bits per heavy atom. The zero-order valence-electron chi connectivity index (χ0n) is 14.5. The first-order valence-electron chi connectivity index (χ1n) is 9.18. The van der Waals surface area contributed by atoms with Crippen LogP contribution in [-0.4, -0.2) is 41.2 Å². The summed E-state index contributed by atoms with van der Waals surface area (Å²) in [6.07, 6.45) is 9.68. The first-order chi connectivity index (χ1) is 12.9. The second-order valence-corrected chi connectivity index (χ2v) is 6.90. The number of rotatable bonds is 3. The van der Waals surface area contributed by atoms with E-state index in [-0.39, 0.29) is 0 Å². The smallest absolute Gasteiger partial charge is 0.163 e. The van der Waals surface area contributed by atoms with Gasteiger partial charge in [0.1, 0.15) is 5.82 Å². The maximum atomic E-state index is 4.86. The fraction of sp³-hybridized carbons (Fsp3) is 0.444. The van der Waals surface area contributed by atoms with Crippen molar-refractivity contribution < 1.29 is 0 Å². The molecule has 8 nitrogen and oxygen atoms in total. The maximum absolute atomic E-state index is 4.86. The van der Waals surface area contributed by atoms with Crippen LogP contribution in [0.25, 0.3) is 11.4 Å². The van der Waals surface area contributed by atoms with Gasteiger partial charge in [-0.15, -0.1) is 5.10 Å². The molecule has 3 aromatic rings. The fourth-order valence-electron chi connectivity index (χ4n) is 3.82. The lowest BCUT2D eigenvalue weighted by molar-refractivity contribution is 0.531. The highest BCUT2D eigenvalue weighted by molar-refractivity contribution is 5.60. The van der Waals surface area contributed by atoms with Crippen molar-refractivity contribution in [1.29, 1.82) is 0 Å². The SMILES string of the molecule is c1cncc(-c2nc3c(c(NC4CCc5nnnn5CC4)n2)CCC3)c1. The summed E-state index contributed by atoms with van der Waals surface area (Å²) < 4.78 is 1.91. The molecule has 5 rings (SSSR count). The summed E-state index contributed by atoms with van der Waals surface area (Å²) >= 11 is 0. The van der Waals surface area contributed by atoms with Crippen molar-refractivity contribution in [2.24, 2.45) is 0 Å². The van der Waals surface area contributed by atoms with E-state index in [9.17, 15) is 0 Å². The van der Waals surface area contributed by atoms with E-state index < -0.39 is 0 Å². The Labute approximate surface area is 151 Å². The molecule has 0 amide bonds. The van der Waals surface area contributed by atoms with Crippen LogP contribution >= 0.6 is 0 Å². The molecule has 1 N–H and O–H groups in total. The molecule has 3 aromatic heterocycles. The van der Waals surface area contributed by atoms with Gasteiger partial charge in [-0.2, -0.15) is 0 Å². The summed E-state index contributed by atoms with van der Waals surface area (Å²) in [5, 5.41) is 15.6. The van der Waals surface area contributed by atoms with Crippen LogP contribution in [0.4, 0.5) is 5.82 Å². The molecule has 1 aliphatic carbocycles. The van der Waals surface area contributed by atoms with Crippen molar-refractivity contribution in [3.63, 3.8) is 0 Å². The Morgan fingerprint density at radius 1 is 1.12 bits per heavy atom. The summed E-state index contributed by atoms with van der Waals surface area (Å²) in [4.78, 5) is 13.9. The molecule has 1 aliphatic heterocycles. The molecule has 0 spiro atoms. The highest BCUT2D eigenvalue weighted by atomic mass is 15.5. The van der Waals surface area contributed by atoms with Crippen molar-refractivity contribution in [2.75, 3.05) is 5.32 Å². The number of anilines is 1. The number of pyridine rings is 1. The summed E-state index contributed by atoms with van der Waals surface area (Å²) in [6, 6.07) is 4.28. The van der Waals surface area contributed by atoms with Crippen LogP contribution in [0, 0.1) is 0 Å². The number of hydrogen-bond acceptors (Lipinski definition) is 7. The third kappa shape index (κ3) is 2.81. The third-order valence-electron chi connectivity index (χ3n) is 5.21. The molecule has 1 unspecified atom stereocenters. The first-order valence-corrected chi connectivity index (χ1v) is 9.18. The molecule has 1 atom stereocenters. The molecule has 4 heterocycles. The topological polar surface area (TPSA) is 94.3 Å². The van der Waals surface area contributed by atoms with Gasteiger partial charge in [0.2, 0.25) is 0 Å². The molecule has 0 aromatic carbocycles. The van der Waals surface area contributed by atoms with Gasteiger partial charge in [-0.25, -0.2) is 14.6 Å². The summed E-state index contributed by atoms with van der Waals surface area (Å²) in [6.45, 7) is 0.836. The van der Waals surface area contributed by atoms with Crippen LogP contribution in [0.1, 0.15) is 36.3 Å². The van der Waals surface area contributed by atoms with Crippen LogP contribution in [-0.2, 0) is 25.8 Å². The lowest BCUT2D eigenvalue weighted by Crippen LogP contribution is -2.22. The van der Waals surface area contributed by atoms with E-state index in [1.54, 1.807) is 6.20 Å². The molecule has 0 radical (unpaired) electrons. The summed E-state index contributed by atoms with van der Waals surface area (Å²) in [5.41, 5.74) is 3.41. The number of hydrogen-bond donors (Lipinski definition) is 1. The van der Waals surface area contributed by atoms with Crippen molar-refractivity contribution in [3.05, 3.63) is 41.6 Å². The number of aromatic nitrogens is 7. The molecular formula is C18H20N8. The summed E-state index contributed by atoms with van der Waals surface area (Å²) in [5.74, 6) is 2.72. The average Bonchev–Trinajstić information content (AvgIpc) is 3.30. The second kappa shape index (κ2) is 6.44. The van der Waals surface area contributed by atoms with Crippen LogP contribution < -0.4 is 5.32 Å². The molecule has 8 heteroatoms. The summed E-state index contributed by atoms with van der Waals surface area (Å²) in [7, 11) is 0. The van der Waals surface area contributed by atoms with Crippen LogP contribution in [0.3, 0.4) is 0 Å². The van der Waals surface area contributed by atoms with Crippen LogP contribution in [0.15, 0.2) is 24.5 Å². The van der Waals surface area contributed by atoms with Gasteiger partial charge < -0.3 is 5.32 Å². The predicted molar refractivity (Wildman–Crippen MR) is 95.5 cm³/mol. The second-order valence-electron chi connectivity index (χ2n) is 6.90. The highest BCUT2D eigenvalue weighted by Crippen LogP contribution is 2.30. The standard InChI is InChI=1S/C18H20N8/c1-4-14-15(5-1)21-17(12-3-2-9-19-11-12)22-18(14)20-13-6-7-16-23-24-25-26(16)10-8-13/h2-3,9,11,13H,1,4-8,10H2,(H,20,21,22). The minimum atomic E-state index is 0.347.